The van der Waals surface area contributed by atoms with Crippen LogP contribution < -0.4 is 9.47 Å². The van der Waals surface area contributed by atoms with Crippen molar-refractivity contribution in [2.75, 3.05) is 52.0 Å². The first kappa shape index (κ1) is 30.2. The Balaban J connectivity index is 1.40. The molecule has 9 nitrogen and oxygen atoms in total. The van der Waals surface area contributed by atoms with Gasteiger partial charge in [-0.15, -0.1) is 0 Å². The highest BCUT2D eigenvalue weighted by atomic mass is 32.2. The Bertz CT molecular complexity index is 1390. The van der Waals surface area contributed by atoms with E-state index < -0.39 is 33.8 Å². The Hall–Kier alpha value is -3.22. The number of aliphatic hydroxyl groups is 1. The topological polar surface area (TPSA) is 104 Å². The van der Waals surface area contributed by atoms with Gasteiger partial charge >= 0.3 is 0 Å². The number of aliphatic hydroxyl groups excluding tert-OH is 1. The second-order valence-corrected chi connectivity index (χ2v) is 12.9. The molecular weight excluding hydrogens is 578 g/mol. The van der Waals surface area contributed by atoms with E-state index in [1.165, 1.54) is 0 Å². The molecule has 0 aromatic heterocycles. The minimum absolute atomic E-state index is 0.0228. The standard InChI is InChI=1S/C31H35NO8S2/c1-36-25-12-8-23(9-13-25)31(22-6-4-3-5-7-22,24-10-14-26(37-2)15-11-24)39-21-27-29(33)28(20-38-27)40-30(41)32-16-18-42(34,35)19-17-32/h3-15,27-29,33H,16-21H2,1-2H3/t27-,28-,29?/m1/s1. The molecule has 2 heterocycles. The van der Waals surface area contributed by atoms with Gasteiger partial charge in [0.15, 0.2) is 15.9 Å². The van der Waals surface area contributed by atoms with Crippen molar-refractivity contribution in [3.05, 3.63) is 95.6 Å². The quantitative estimate of drug-likeness (QED) is 0.286. The Kier molecular flexibility index (Phi) is 9.34. The minimum atomic E-state index is -3.06. The predicted molar refractivity (Wildman–Crippen MR) is 162 cm³/mol. The van der Waals surface area contributed by atoms with E-state index in [1.54, 1.807) is 19.1 Å². The van der Waals surface area contributed by atoms with Gasteiger partial charge in [0.25, 0.3) is 5.17 Å². The van der Waals surface area contributed by atoms with Gasteiger partial charge in [0.2, 0.25) is 0 Å². The summed E-state index contributed by atoms with van der Waals surface area (Å²) < 4.78 is 53.1. The third-order valence-corrected chi connectivity index (χ3v) is 9.69. The summed E-state index contributed by atoms with van der Waals surface area (Å²) in [5, 5.41) is 11.3. The van der Waals surface area contributed by atoms with Gasteiger partial charge in [0.05, 0.1) is 38.9 Å². The van der Waals surface area contributed by atoms with Crippen LogP contribution >= 0.6 is 12.2 Å². The van der Waals surface area contributed by atoms with Crippen molar-refractivity contribution in [3.8, 4) is 11.5 Å². The molecule has 2 fully saturated rings. The second kappa shape index (κ2) is 13.0. The second-order valence-electron chi connectivity index (χ2n) is 10.2. The zero-order valence-corrected chi connectivity index (χ0v) is 25.2. The van der Waals surface area contributed by atoms with Gasteiger partial charge < -0.3 is 33.7 Å². The molecule has 5 rings (SSSR count). The first-order valence-electron chi connectivity index (χ1n) is 13.7. The van der Waals surface area contributed by atoms with Gasteiger partial charge in [0.1, 0.15) is 29.3 Å². The molecule has 0 bridgehead atoms. The summed E-state index contributed by atoms with van der Waals surface area (Å²) in [5.41, 5.74) is 1.56. The number of hydrogen-bond acceptors (Lipinski definition) is 9. The molecule has 3 atom stereocenters. The fourth-order valence-electron chi connectivity index (χ4n) is 5.29. The third kappa shape index (κ3) is 6.40. The molecule has 3 aromatic rings. The molecule has 0 amide bonds. The van der Waals surface area contributed by atoms with Crippen LogP contribution in [0, 0.1) is 0 Å². The summed E-state index contributed by atoms with van der Waals surface area (Å²) in [7, 11) is 0.186. The van der Waals surface area contributed by atoms with Gasteiger partial charge in [-0.05, 0) is 53.2 Å². The van der Waals surface area contributed by atoms with Crippen LogP contribution in [0.2, 0.25) is 0 Å². The van der Waals surface area contributed by atoms with Crippen molar-refractivity contribution in [1.29, 1.82) is 0 Å². The lowest BCUT2D eigenvalue weighted by Crippen LogP contribution is -2.46. The van der Waals surface area contributed by atoms with E-state index in [2.05, 4.69) is 0 Å². The minimum Gasteiger partial charge on any atom is -0.497 e. The number of hydrogen-bond donors (Lipinski definition) is 1. The molecule has 3 aromatic carbocycles. The van der Waals surface area contributed by atoms with Crippen molar-refractivity contribution >= 4 is 27.2 Å². The molecule has 2 saturated heterocycles. The van der Waals surface area contributed by atoms with Gasteiger partial charge in [-0.25, -0.2) is 8.42 Å². The summed E-state index contributed by atoms with van der Waals surface area (Å²) in [5.74, 6) is 1.48. The van der Waals surface area contributed by atoms with Crippen LogP contribution in [0.5, 0.6) is 11.5 Å². The van der Waals surface area contributed by atoms with E-state index >= 15 is 0 Å². The first-order valence-corrected chi connectivity index (χ1v) is 15.9. The molecule has 0 saturated carbocycles. The maximum absolute atomic E-state index is 11.8. The summed E-state index contributed by atoms with van der Waals surface area (Å²) in [6, 6.07) is 25.3. The molecule has 2 aliphatic rings. The van der Waals surface area contributed by atoms with Crippen LogP contribution in [-0.4, -0.2) is 93.9 Å². The van der Waals surface area contributed by atoms with Crippen molar-refractivity contribution < 1.29 is 37.2 Å². The summed E-state index contributed by atoms with van der Waals surface area (Å²) in [6.07, 6.45) is -2.42. The number of thiocarbonyl (C=S) groups is 1. The maximum Gasteiger partial charge on any atom is 0.259 e. The maximum atomic E-state index is 11.8. The van der Waals surface area contributed by atoms with E-state index in [-0.39, 0.29) is 43.0 Å². The van der Waals surface area contributed by atoms with Crippen LogP contribution in [0.15, 0.2) is 78.9 Å². The van der Waals surface area contributed by atoms with Gasteiger partial charge in [-0.2, -0.15) is 0 Å². The monoisotopic (exact) mass is 613 g/mol. The fourth-order valence-corrected chi connectivity index (χ4v) is 6.79. The molecule has 0 radical (unpaired) electrons. The highest BCUT2D eigenvalue weighted by Crippen LogP contribution is 2.42. The Morgan fingerprint density at radius 1 is 0.905 bits per heavy atom. The molecular formula is C31H35NO8S2. The summed E-state index contributed by atoms with van der Waals surface area (Å²) in [4.78, 5) is 1.71. The Morgan fingerprint density at radius 3 is 1.95 bits per heavy atom. The van der Waals surface area contributed by atoms with Crippen molar-refractivity contribution in [3.63, 3.8) is 0 Å². The Morgan fingerprint density at radius 2 is 1.43 bits per heavy atom. The van der Waals surface area contributed by atoms with Crippen molar-refractivity contribution in [1.82, 2.24) is 4.90 Å². The lowest BCUT2D eigenvalue weighted by molar-refractivity contribution is -0.0723. The highest BCUT2D eigenvalue weighted by Gasteiger charge is 2.43. The van der Waals surface area contributed by atoms with Crippen LogP contribution in [0.3, 0.4) is 0 Å². The molecule has 2 aliphatic heterocycles. The molecule has 42 heavy (non-hydrogen) atoms. The van der Waals surface area contributed by atoms with E-state index in [9.17, 15) is 13.5 Å². The van der Waals surface area contributed by atoms with E-state index in [0.29, 0.717) is 11.5 Å². The average molecular weight is 614 g/mol. The third-order valence-electron chi connectivity index (χ3n) is 7.73. The van der Waals surface area contributed by atoms with Crippen molar-refractivity contribution in [2.24, 2.45) is 0 Å². The normalized spacial score (nSPS) is 22.0. The number of methoxy groups -OCH3 is 2. The molecule has 11 heteroatoms. The first-order chi connectivity index (χ1) is 20.3. The molecule has 1 unspecified atom stereocenters. The van der Waals surface area contributed by atoms with E-state index in [0.717, 1.165) is 16.7 Å². The van der Waals surface area contributed by atoms with Gasteiger partial charge in [-0.3, -0.25) is 0 Å². The zero-order valence-electron chi connectivity index (χ0n) is 23.5. The molecule has 224 valence electrons. The van der Waals surface area contributed by atoms with Crippen LogP contribution in [-0.2, 0) is 29.6 Å². The number of ether oxygens (including phenoxy) is 5. The molecule has 0 spiro atoms. The largest absolute Gasteiger partial charge is 0.497 e. The SMILES string of the molecule is COc1ccc(C(OC[C@H]2OC[C@@H](OC(=S)N3CCS(=O)(=O)CC3)C2O)(c2ccccc2)c2ccc(OC)cc2)cc1. The van der Waals surface area contributed by atoms with E-state index in [4.69, 9.17) is 35.9 Å². The number of benzene rings is 3. The predicted octanol–water partition coefficient (Wildman–Crippen LogP) is 3.17. The van der Waals surface area contributed by atoms with Crippen LogP contribution in [0.25, 0.3) is 0 Å². The Labute approximate surface area is 251 Å². The van der Waals surface area contributed by atoms with Crippen LogP contribution in [0.4, 0.5) is 0 Å². The average Bonchev–Trinajstić information content (AvgIpc) is 3.36. The van der Waals surface area contributed by atoms with Gasteiger partial charge in [-0.1, -0.05) is 54.6 Å². The van der Waals surface area contributed by atoms with Crippen molar-refractivity contribution in [2.45, 2.75) is 23.9 Å². The number of sulfone groups is 1. The van der Waals surface area contributed by atoms with Gasteiger partial charge in [0, 0.05) is 13.1 Å². The lowest BCUT2D eigenvalue weighted by atomic mass is 9.80. The number of rotatable bonds is 9. The molecule has 1 N–H and O–H groups in total. The van der Waals surface area contributed by atoms with E-state index in [1.807, 2.05) is 78.9 Å². The number of nitrogens with zero attached hydrogens (tertiary/aromatic N) is 1. The summed E-state index contributed by atoms with van der Waals surface area (Å²) in [6.45, 7) is 0.689. The highest BCUT2D eigenvalue weighted by molar-refractivity contribution is 7.91. The smallest absolute Gasteiger partial charge is 0.259 e. The fraction of sp³-hybridized carbons (Fsp3) is 0.387. The van der Waals surface area contributed by atoms with Crippen LogP contribution in [0.1, 0.15) is 16.7 Å². The lowest BCUT2D eigenvalue weighted by Gasteiger charge is -2.37. The summed E-state index contributed by atoms with van der Waals surface area (Å²) >= 11 is 5.42. The zero-order chi connectivity index (χ0) is 29.7. The molecule has 0 aliphatic carbocycles.